The maximum absolute atomic E-state index is 13.8. The molecule has 0 unspecified atom stereocenters. The van der Waals surface area contributed by atoms with Crippen LogP contribution in [0.1, 0.15) is 76.2 Å². The van der Waals surface area contributed by atoms with E-state index in [4.69, 9.17) is 0 Å². The lowest BCUT2D eigenvalue weighted by Gasteiger charge is -2.40. The van der Waals surface area contributed by atoms with Crippen LogP contribution < -0.4 is 0 Å². The monoisotopic (exact) mass is 332 g/mol. The van der Waals surface area contributed by atoms with E-state index in [0.717, 1.165) is 30.7 Å². The first-order valence-corrected chi connectivity index (χ1v) is 9.71. The second-order valence-corrected chi connectivity index (χ2v) is 8.03. The Labute approximate surface area is 145 Å². The van der Waals surface area contributed by atoms with Gasteiger partial charge in [-0.15, -0.1) is 6.58 Å². The first kappa shape index (κ1) is 17.6. The molecule has 0 amide bonds. The molecule has 0 atom stereocenters. The predicted octanol–water partition coefficient (Wildman–Crippen LogP) is 6.94. The summed E-state index contributed by atoms with van der Waals surface area (Å²) in [5, 5.41) is 0. The molecule has 2 heteroatoms. The minimum Gasteiger partial charge on any atom is -0.204 e. The van der Waals surface area contributed by atoms with E-state index >= 15 is 0 Å². The van der Waals surface area contributed by atoms with Crippen molar-refractivity contribution in [2.45, 2.75) is 76.0 Å². The molecular formula is C22H30F2. The number of allylic oxidation sites excluding steroid dienone is 1. The van der Waals surface area contributed by atoms with Gasteiger partial charge in [-0.2, -0.15) is 0 Å². The van der Waals surface area contributed by atoms with Crippen LogP contribution in [0.15, 0.2) is 30.9 Å². The van der Waals surface area contributed by atoms with Gasteiger partial charge < -0.3 is 0 Å². The predicted molar refractivity (Wildman–Crippen MR) is 96.0 cm³/mol. The Hall–Kier alpha value is -1.18. The van der Waals surface area contributed by atoms with E-state index in [9.17, 15) is 8.78 Å². The SMILES string of the molecule is C=CC1CCC(CCC2(c3ccc(F)c(F)c3)CCCCC2)CC1. The Morgan fingerprint density at radius 2 is 1.71 bits per heavy atom. The summed E-state index contributed by atoms with van der Waals surface area (Å²) < 4.78 is 27.2. The summed E-state index contributed by atoms with van der Waals surface area (Å²) in [6.45, 7) is 3.93. The van der Waals surface area contributed by atoms with Gasteiger partial charge in [0.1, 0.15) is 0 Å². The van der Waals surface area contributed by atoms with Crippen LogP contribution in [0.25, 0.3) is 0 Å². The van der Waals surface area contributed by atoms with Crippen LogP contribution in [-0.4, -0.2) is 0 Å². The van der Waals surface area contributed by atoms with Crippen molar-refractivity contribution >= 4 is 0 Å². The normalized spacial score (nSPS) is 26.9. The Morgan fingerprint density at radius 3 is 2.33 bits per heavy atom. The van der Waals surface area contributed by atoms with Crippen LogP contribution in [0.2, 0.25) is 0 Å². The Bertz CT molecular complexity index is 549. The number of halogens is 2. The lowest BCUT2D eigenvalue weighted by molar-refractivity contribution is 0.222. The molecule has 0 aromatic heterocycles. The molecule has 132 valence electrons. The van der Waals surface area contributed by atoms with E-state index in [0.29, 0.717) is 5.92 Å². The van der Waals surface area contributed by atoms with Crippen molar-refractivity contribution in [3.05, 3.63) is 48.1 Å². The minimum absolute atomic E-state index is 0.0715. The van der Waals surface area contributed by atoms with Gasteiger partial charge >= 0.3 is 0 Å². The summed E-state index contributed by atoms with van der Waals surface area (Å²) >= 11 is 0. The van der Waals surface area contributed by atoms with Gasteiger partial charge in [0, 0.05) is 0 Å². The fourth-order valence-electron chi connectivity index (χ4n) is 4.93. The molecule has 0 heterocycles. The van der Waals surface area contributed by atoms with E-state index < -0.39 is 11.6 Å². The van der Waals surface area contributed by atoms with Crippen molar-refractivity contribution in [1.29, 1.82) is 0 Å². The molecule has 2 aliphatic carbocycles. The molecule has 3 rings (SSSR count). The molecule has 0 nitrogen and oxygen atoms in total. The number of hydrogen-bond acceptors (Lipinski definition) is 0. The zero-order valence-corrected chi connectivity index (χ0v) is 14.7. The fourth-order valence-corrected chi connectivity index (χ4v) is 4.93. The van der Waals surface area contributed by atoms with Crippen LogP contribution in [0, 0.1) is 23.5 Å². The lowest BCUT2D eigenvalue weighted by Crippen LogP contribution is -2.30. The minimum atomic E-state index is -0.729. The summed E-state index contributed by atoms with van der Waals surface area (Å²) in [6.07, 6.45) is 15.5. The summed E-state index contributed by atoms with van der Waals surface area (Å²) in [7, 11) is 0. The molecule has 2 fully saturated rings. The van der Waals surface area contributed by atoms with E-state index in [1.807, 2.05) is 6.07 Å². The summed E-state index contributed by atoms with van der Waals surface area (Å²) in [5.74, 6) is 0.0813. The zero-order valence-electron chi connectivity index (χ0n) is 14.7. The van der Waals surface area contributed by atoms with Crippen molar-refractivity contribution in [3.8, 4) is 0 Å². The second kappa shape index (κ2) is 7.80. The third-order valence-corrected chi connectivity index (χ3v) is 6.60. The molecule has 2 aliphatic rings. The standard InChI is InChI=1S/C22H30F2/c1-2-17-6-8-18(9-7-17)12-15-22(13-4-3-5-14-22)19-10-11-20(23)21(24)16-19/h2,10-11,16-18H,1,3-9,12-15H2. The third kappa shape index (κ3) is 3.90. The van der Waals surface area contributed by atoms with Crippen molar-refractivity contribution in [3.63, 3.8) is 0 Å². The van der Waals surface area contributed by atoms with Crippen molar-refractivity contribution in [2.24, 2.45) is 11.8 Å². The van der Waals surface area contributed by atoms with E-state index in [2.05, 4.69) is 12.7 Å². The zero-order chi connectivity index (χ0) is 17.0. The highest BCUT2D eigenvalue weighted by atomic mass is 19.2. The van der Waals surface area contributed by atoms with Gasteiger partial charge in [-0.05, 0) is 86.3 Å². The molecule has 1 aromatic rings. The third-order valence-electron chi connectivity index (χ3n) is 6.60. The molecule has 2 saturated carbocycles. The van der Waals surface area contributed by atoms with Crippen LogP contribution in [-0.2, 0) is 5.41 Å². The number of rotatable bonds is 5. The molecule has 0 saturated heterocycles. The molecule has 0 N–H and O–H groups in total. The Balaban J connectivity index is 1.69. The van der Waals surface area contributed by atoms with Gasteiger partial charge in [-0.1, -0.05) is 31.4 Å². The van der Waals surface area contributed by atoms with Gasteiger partial charge in [0.25, 0.3) is 0 Å². The van der Waals surface area contributed by atoms with Gasteiger partial charge in [0.05, 0.1) is 0 Å². The second-order valence-electron chi connectivity index (χ2n) is 8.03. The first-order valence-electron chi connectivity index (χ1n) is 9.71. The summed E-state index contributed by atoms with van der Waals surface area (Å²) in [4.78, 5) is 0. The summed E-state index contributed by atoms with van der Waals surface area (Å²) in [5.41, 5.74) is 1.10. The topological polar surface area (TPSA) is 0 Å². The van der Waals surface area contributed by atoms with Gasteiger partial charge in [-0.3, -0.25) is 0 Å². The lowest BCUT2D eigenvalue weighted by atomic mass is 9.65. The highest BCUT2D eigenvalue weighted by Crippen LogP contribution is 2.45. The molecule has 24 heavy (non-hydrogen) atoms. The average molecular weight is 332 g/mol. The van der Waals surface area contributed by atoms with E-state index in [1.54, 1.807) is 0 Å². The van der Waals surface area contributed by atoms with Crippen molar-refractivity contribution in [2.75, 3.05) is 0 Å². The van der Waals surface area contributed by atoms with Crippen LogP contribution >= 0.6 is 0 Å². The van der Waals surface area contributed by atoms with Gasteiger partial charge in [-0.25, -0.2) is 8.78 Å². The fraction of sp³-hybridized carbons (Fsp3) is 0.636. The highest BCUT2D eigenvalue weighted by molar-refractivity contribution is 5.27. The van der Waals surface area contributed by atoms with Gasteiger partial charge in [0.15, 0.2) is 11.6 Å². The highest BCUT2D eigenvalue weighted by Gasteiger charge is 2.35. The maximum atomic E-state index is 13.8. The van der Waals surface area contributed by atoms with Crippen LogP contribution in [0.3, 0.4) is 0 Å². The molecule has 0 radical (unpaired) electrons. The summed E-state index contributed by atoms with van der Waals surface area (Å²) in [6, 6.07) is 4.62. The molecule has 0 bridgehead atoms. The molecule has 1 aromatic carbocycles. The Morgan fingerprint density at radius 1 is 1.00 bits per heavy atom. The average Bonchev–Trinajstić information content (AvgIpc) is 2.63. The van der Waals surface area contributed by atoms with Crippen LogP contribution in [0.5, 0.6) is 0 Å². The van der Waals surface area contributed by atoms with E-state index in [-0.39, 0.29) is 5.41 Å². The maximum Gasteiger partial charge on any atom is 0.159 e. The smallest absolute Gasteiger partial charge is 0.159 e. The van der Waals surface area contributed by atoms with Gasteiger partial charge in [0.2, 0.25) is 0 Å². The van der Waals surface area contributed by atoms with Crippen LogP contribution in [0.4, 0.5) is 8.78 Å². The Kier molecular flexibility index (Phi) is 5.73. The van der Waals surface area contributed by atoms with Crippen molar-refractivity contribution < 1.29 is 8.78 Å². The largest absolute Gasteiger partial charge is 0.204 e. The quantitative estimate of drug-likeness (QED) is 0.512. The first-order chi connectivity index (χ1) is 11.6. The van der Waals surface area contributed by atoms with E-state index in [1.165, 1.54) is 63.5 Å². The van der Waals surface area contributed by atoms with Crippen molar-refractivity contribution in [1.82, 2.24) is 0 Å². The number of benzene rings is 1. The number of hydrogen-bond donors (Lipinski definition) is 0. The molecule has 0 aliphatic heterocycles. The molecular weight excluding hydrogens is 302 g/mol. The molecule has 0 spiro atoms.